The zero-order valence-electron chi connectivity index (χ0n) is 7.53. The lowest BCUT2D eigenvalue weighted by molar-refractivity contribution is 0.606. The number of tetrazole rings is 1. The predicted molar refractivity (Wildman–Crippen MR) is 47.1 cm³/mol. The maximum atomic E-state index is 5.85. The quantitative estimate of drug-likeness (QED) is 0.673. The summed E-state index contributed by atoms with van der Waals surface area (Å²) in [7, 11) is 1.76. The van der Waals surface area contributed by atoms with Crippen LogP contribution in [0.2, 0.25) is 0 Å². The molecular weight excluding hydrogens is 176 g/mol. The van der Waals surface area contributed by atoms with E-state index in [1.807, 2.05) is 6.92 Å². The second kappa shape index (κ2) is 3.85. The lowest BCUT2D eigenvalue weighted by atomic mass is 10.1. The molecule has 1 heterocycles. The molecule has 0 aliphatic heterocycles. The predicted octanol–water partition coefficient (Wildman–Crippen LogP) is 1.33. The van der Waals surface area contributed by atoms with Gasteiger partial charge in [0.2, 0.25) is 0 Å². The summed E-state index contributed by atoms with van der Waals surface area (Å²) in [6, 6.07) is 0. The molecule has 0 aliphatic rings. The maximum Gasteiger partial charge on any atom is 0.177 e. The molecule has 0 saturated heterocycles. The lowest BCUT2D eigenvalue weighted by Gasteiger charge is -2.06. The number of aromatic nitrogens is 4. The summed E-state index contributed by atoms with van der Waals surface area (Å²) in [6.45, 7) is 4.02. The molecule has 0 aromatic carbocycles. The molecule has 12 heavy (non-hydrogen) atoms. The summed E-state index contributed by atoms with van der Waals surface area (Å²) in [5.74, 6) is 1.05. The number of alkyl halides is 1. The van der Waals surface area contributed by atoms with Crippen molar-refractivity contribution >= 4 is 11.6 Å². The average molecular weight is 189 g/mol. The van der Waals surface area contributed by atoms with Gasteiger partial charge in [-0.3, -0.25) is 0 Å². The molecule has 1 rings (SSSR count). The smallest absolute Gasteiger partial charge is 0.167 e. The van der Waals surface area contributed by atoms with Gasteiger partial charge in [0, 0.05) is 11.3 Å². The maximum absolute atomic E-state index is 5.85. The molecular formula is C7H13ClN4. The molecule has 0 amide bonds. The molecule has 5 heteroatoms. The number of aryl methyl sites for hydroxylation is 1. The van der Waals surface area contributed by atoms with Crippen molar-refractivity contribution in [1.29, 1.82) is 0 Å². The molecule has 2 unspecified atom stereocenters. The highest BCUT2D eigenvalue weighted by molar-refractivity contribution is 6.20. The molecule has 0 aliphatic carbocycles. The van der Waals surface area contributed by atoms with Gasteiger partial charge in [-0.25, -0.2) is 0 Å². The molecule has 0 fully saturated rings. The summed E-state index contributed by atoms with van der Waals surface area (Å²) >= 11 is 5.85. The Labute approximate surface area is 76.9 Å². The van der Waals surface area contributed by atoms with E-state index in [1.165, 1.54) is 4.80 Å². The van der Waals surface area contributed by atoms with E-state index in [4.69, 9.17) is 11.6 Å². The standard InChI is InChI=1S/C7H13ClN4/c1-5(4-6(2)8)7-9-11-12(3)10-7/h5-6H,4H2,1-3H3. The zero-order chi connectivity index (χ0) is 9.14. The molecule has 0 bridgehead atoms. The van der Waals surface area contributed by atoms with Crippen LogP contribution in [0.5, 0.6) is 0 Å². The van der Waals surface area contributed by atoms with Crippen LogP contribution in [0.4, 0.5) is 0 Å². The molecule has 0 spiro atoms. The normalized spacial score (nSPS) is 16.0. The highest BCUT2D eigenvalue weighted by Gasteiger charge is 2.13. The topological polar surface area (TPSA) is 43.6 Å². The van der Waals surface area contributed by atoms with E-state index in [0.717, 1.165) is 12.2 Å². The Kier molecular flexibility index (Phi) is 3.03. The second-order valence-corrected chi connectivity index (χ2v) is 3.80. The van der Waals surface area contributed by atoms with Crippen molar-refractivity contribution < 1.29 is 0 Å². The average Bonchev–Trinajstić information content (AvgIpc) is 2.34. The summed E-state index contributed by atoms with van der Waals surface area (Å²) in [5.41, 5.74) is 0. The Morgan fingerprint density at radius 3 is 2.58 bits per heavy atom. The third-order valence-corrected chi connectivity index (χ3v) is 1.82. The molecule has 0 radical (unpaired) electrons. The largest absolute Gasteiger partial charge is 0.177 e. The monoisotopic (exact) mass is 188 g/mol. The van der Waals surface area contributed by atoms with E-state index in [2.05, 4.69) is 22.3 Å². The molecule has 1 aromatic rings. The first-order chi connectivity index (χ1) is 5.59. The fraction of sp³-hybridized carbons (Fsp3) is 0.857. The minimum Gasteiger partial charge on any atom is -0.167 e. The number of halogens is 1. The Hall–Kier alpha value is -0.640. The first-order valence-electron chi connectivity index (χ1n) is 3.97. The Balaban J connectivity index is 2.58. The molecule has 0 saturated carbocycles. The number of rotatable bonds is 3. The highest BCUT2D eigenvalue weighted by Crippen LogP contribution is 2.18. The van der Waals surface area contributed by atoms with Gasteiger partial charge in [0.1, 0.15) is 0 Å². The first kappa shape index (κ1) is 9.45. The van der Waals surface area contributed by atoms with Crippen molar-refractivity contribution in [2.45, 2.75) is 31.6 Å². The van der Waals surface area contributed by atoms with Gasteiger partial charge in [0.15, 0.2) is 5.82 Å². The van der Waals surface area contributed by atoms with Crippen LogP contribution < -0.4 is 0 Å². The molecule has 0 N–H and O–H groups in total. The number of hydrogen-bond acceptors (Lipinski definition) is 3. The second-order valence-electron chi connectivity index (χ2n) is 3.05. The van der Waals surface area contributed by atoms with Gasteiger partial charge in [-0.05, 0) is 18.6 Å². The van der Waals surface area contributed by atoms with Gasteiger partial charge in [0.25, 0.3) is 0 Å². The Bertz CT molecular complexity index is 245. The van der Waals surface area contributed by atoms with Crippen molar-refractivity contribution in [3.8, 4) is 0 Å². The van der Waals surface area contributed by atoms with E-state index in [9.17, 15) is 0 Å². The van der Waals surface area contributed by atoms with Gasteiger partial charge < -0.3 is 0 Å². The first-order valence-corrected chi connectivity index (χ1v) is 4.41. The fourth-order valence-corrected chi connectivity index (χ4v) is 1.36. The van der Waals surface area contributed by atoms with Crippen molar-refractivity contribution in [3.05, 3.63) is 5.82 Å². The van der Waals surface area contributed by atoms with Crippen LogP contribution in [0.1, 0.15) is 32.0 Å². The van der Waals surface area contributed by atoms with Crippen molar-refractivity contribution in [3.63, 3.8) is 0 Å². The Morgan fingerprint density at radius 2 is 2.17 bits per heavy atom. The summed E-state index contributed by atoms with van der Waals surface area (Å²) in [6.07, 6.45) is 0.882. The van der Waals surface area contributed by atoms with Gasteiger partial charge in [-0.2, -0.15) is 4.80 Å². The van der Waals surface area contributed by atoms with Crippen molar-refractivity contribution in [2.75, 3.05) is 0 Å². The molecule has 1 aromatic heterocycles. The number of hydrogen-bond donors (Lipinski definition) is 0. The van der Waals surface area contributed by atoms with Crippen molar-refractivity contribution in [1.82, 2.24) is 20.2 Å². The van der Waals surface area contributed by atoms with E-state index >= 15 is 0 Å². The molecule has 4 nitrogen and oxygen atoms in total. The van der Waals surface area contributed by atoms with Gasteiger partial charge in [-0.1, -0.05) is 6.92 Å². The van der Waals surface area contributed by atoms with Gasteiger partial charge >= 0.3 is 0 Å². The summed E-state index contributed by atoms with van der Waals surface area (Å²) in [5, 5.41) is 11.9. The minimum atomic E-state index is 0.156. The fourth-order valence-electron chi connectivity index (χ4n) is 1.09. The van der Waals surface area contributed by atoms with E-state index in [0.29, 0.717) is 0 Å². The summed E-state index contributed by atoms with van der Waals surface area (Å²) in [4.78, 5) is 1.46. The third-order valence-electron chi connectivity index (χ3n) is 1.64. The van der Waals surface area contributed by atoms with Crippen LogP contribution >= 0.6 is 11.6 Å². The number of nitrogens with zero attached hydrogens (tertiary/aromatic N) is 4. The summed E-state index contributed by atoms with van der Waals surface area (Å²) < 4.78 is 0. The van der Waals surface area contributed by atoms with E-state index < -0.39 is 0 Å². The van der Waals surface area contributed by atoms with Gasteiger partial charge in [0.05, 0.1) is 7.05 Å². The SMILES string of the molecule is CC(Cl)CC(C)c1nnn(C)n1. The van der Waals surface area contributed by atoms with Crippen molar-refractivity contribution in [2.24, 2.45) is 7.05 Å². The van der Waals surface area contributed by atoms with Crippen LogP contribution in [0.15, 0.2) is 0 Å². The van der Waals surface area contributed by atoms with E-state index in [1.54, 1.807) is 7.05 Å². The lowest BCUT2D eigenvalue weighted by Crippen LogP contribution is -2.03. The highest BCUT2D eigenvalue weighted by atomic mass is 35.5. The third kappa shape index (κ3) is 2.44. The molecule has 68 valence electrons. The van der Waals surface area contributed by atoms with Crippen LogP contribution in [0, 0.1) is 0 Å². The van der Waals surface area contributed by atoms with Crippen LogP contribution in [0.25, 0.3) is 0 Å². The van der Waals surface area contributed by atoms with Crippen LogP contribution in [-0.4, -0.2) is 25.6 Å². The van der Waals surface area contributed by atoms with Crippen LogP contribution in [-0.2, 0) is 7.05 Å². The van der Waals surface area contributed by atoms with Gasteiger partial charge in [-0.15, -0.1) is 21.8 Å². The Morgan fingerprint density at radius 1 is 1.50 bits per heavy atom. The van der Waals surface area contributed by atoms with E-state index in [-0.39, 0.29) is 11.3 Å². The minimum absolute atomic E-state index is 0.156. The zero-order valence-corrected chi connectivity index (χ0v) is 8.28. The molecule has 2 atom stereocenters. The van der Waals surface area contributed by atoms with Crippen LogP contribution in [0.3, 0.4) is 0 Å².